The molecule has 0 radical (unpaired) electrons. The number of carbonyl (C=O) groups excluding carboxylic acids is 1. The summed E-state index contributed by atoms with van der Waals surface area (Å²) < 4.78 is 12.6. The third kappa shape index (κ3) is 5.10. The molecule has 8 heteroatoms. The van der Waals surface area contributed by atoms with Crippen LogP contribution in [-0.2, 0) is 4.79 Å². The maximum absolute atomic E-state index is 12.5. The fraction of sp³-hybridized carbons (Fsp3) is 0.174. The highest BCUT2D eigenvalue weighted by molar-refractivity contribution is 7.12. The topological polar surface area (TPSA) is 78.3 Å². The summed E-state index contributed by atoms with van der Waals surface area (Å²) in [6.07, 6.45) is 0. The van der Waals surface area contributed by atoms with Crippen LogP contribution < -0.4 is 14.8 Å². The Morgan fingerprint density at radius 3 is 2.48 bits per heavy atom. The number of nitrogens with one attached hydrogen (secondary N) is 1. The largest absolute Gasteiger partial charge is 0.494 e. The lowest BCUT2D eigenvalue weighted by Crippen LogP contribution is -2.21. The number of aromatic nitrogens is 3. The SMILES string of the molecule is CCOc1ccc(OCC(=O)Nc2cc(C)nn2-c2nc(-c3ccccc3)cs2)cc1. The van der Waals surface area contributed by atoms with Crippen molar-refractivity contribution < 1.29 is 14.3 Å². The molecule has 7 nitrogen and oxygen atoms in total. The molecule has 0 saturated heterocycles. The molecule has 1 amide bonds. The van der Waals surface area contributed by atoms with Crippen LogP contribution in [0.3, 0.4) is 0 Å². The summed E-state index contributed by atoms with van der Waals surface area (Å²) in [6.45, 7) is 4.27. The number of benzene rings is 2. The Hall–Kier alpha value is -3.65. The molecule has 4 rings (SSSR count). The second-order valence-corrected chi connectivity index (χ2v) is 7.54. The zero-order chi connectivity index (χ0) is 21.6. The van der Waals surface area contributed by atoms with Crippen molar-refractivity contribution in [3.05, 3.63) is 71.7 Å². The number of aryl methyl sites for hydroxylation is 1. The van der Waals surface area contributed by atoms with Crippen LogP contribution in [-0.4, -0.2) is 33.9 Å². The maximum atomic E-state index is 12.5. The summed E-state index contributed by atoms with van der Waals surface area (Å²) in [6, 6.07) is 18.9. The monoisotopic (exact) mass is 434 g/mol. The van der Waals surface area contributed by atoms with Gasteiger partial charge >= 0.3 is 0 Å². The van der Waals surface area contributed by atoms with E-state index in [0.717, 1.165) is 22.7 Å². The lowest BCUT2D eigenvalue weighted by atomic mass is 10.2. The Bertz CT molecular complexity index is 1150. The predicted octanol–water partition coefficient (Wildman–Crippen LogP) is 4.72. The first-order valence-electron chi connectivity index (χ1n) is 9.86. The van der Waals surface area contributed by atoms with E-state index in [1.807, 2.05) is 61.7 Å². The number of nitrogens with zero attached hydrogens (tertiary/aromatic N) is 3. The van der Waals surface area contributed by atoms with E-state index in [0.29, 0.717) is 23.3 Å². The highest BCUT2D eigenvalue weighted by Gasteiger charge is 2.15. The van der Waals surface area contributed by atoms with Crippen LogP contribution in [0.15, 0.2) is 66.0 Å². The number of ether oxygens (including phenoxy) is 2. The van der Waals surface area contributed by atoms with Crippen molar-refractivity contribution in [2.24, 2.45) is 0 Å². The van der Waals surface area contributed by atoms with E-state index in [9.17, 15) is 4.79 Å². The van der Waals surface area contributed by atoms with Gasteiger partial charge in [-0.25, -0.2) is 4.98 Å². The molecule has 4 aromatic rings. The number of rotatable bonds is 8. The van der Waals surface area contributed by atoms with Gasteiger partial charge in [0, 0.05) is 17.0 Å². The van der Waals surface area contributed by atoms with Gasteiger partial charge in [0.2, 0.25) is 5.13 Å². The van der Waals surface area contributed by atoms with Crippen LogP contribution in [0.25, 0.3) is 16.4 Å². The van der Waals surface area contributed by atoms with Crippen LogP contribution in [0.4, 0.5) is 5.82 Å². The van der Waals surface area contributed by atoms with Crippen molar-refractivity contribution in [1.82, 2.24) is 14.8 Å². The van der Waals surface area contributed by atoms with Crippen molar-refractivity contribution in [2.45, 2.75) is 13.8 Å². The van der Waals surface area contributed by atoms with Gasteiger partial charge in [-0.3, -0.25) is 4.79 Å². The van der Waals surface area contributed by atoms with Crippen LogP contribution in [0, 0.1) is 6.92 Å². The summed E-state index contributed by atoms with van der Waals surface area (Å²) in [5.74, 6) is 1.62. The molecule has 0 aliphatic rings. The number of amides is 1. The number of hydrogen-bond donors (Lipinski definition) is 1. The van der Waals surface area contributed by atoms with Crippen LogP contribution in [0.1, 0.15) is 12.6 Å². The van der Waals surface area contributed by atoms with Gasteiger partial charge in [0.1, 0.15) is 17.3 Å². The first-order chi connectivity index (χ1) is 15.1. The van der Waals surface area contributed by atoms with E-state index >= 15 is 0 Å². The third-order valence-electron chi connectivity index (χ3n) is 4.35. The van der Waals surface area contributed by atoms with E-state index in [1.165, 1.54) is 11.3 Å². The third-order valence-corrected chi connectivity index (χ3v) is 5.16. The van der Waals surface area contributed by atoms with E-state index in [1.54, 1.807) is 22.9 Å². The smallest absolute Gasteiger partial charge is 0.263 e. The molecule has 31 heavy (non-hydrogen) atoms. The summed E-state index contributed by atoms with van der Waals surface area (Å²) in [4.78, 5) is 17.1. The quantitative estimate of drug-likeness (QED) is 0.434. The standard InChI is InChI=1S/C23H22N4O3S/c1-3-29-18-9-11-19(12-10-18)30-14-22(28)25-21-13-16(2)26-27(21)23-24-20(15-31-23)17-7-5-4-6-8-17/h4-13,15H,3,14H2,1-2H3,(H,25,28). The normalized spacial score (nSPS) is 10.6. The summed E-state index contributed by atoms with van der Waals surface area (Å²) in [5.41, 5.74) is 2.67. The molecule has 0 spiro atoms. The van der Waals surface area contributed by atoms with E-state index < -0.39 is 0 Å². The molecule has 1 N–H and O–H groups in total. The zero-order valence-corrected chi connectivity index (χ0v) is 18.1. The predicted molar refractivity (Wildman–Crippen MR) is 121 cm³/mol. The molecule has 2 aromatic heterocycles. The molecule has 2 aromatic carbocycles. The molecule has 2 heterocycles. The molecule has 0 aliphatic carbocycles. The van der Waals surface area contributed by atoms with Crippen molar-refractivity contribution in [1.29, 1.82) is 0 Å². The molecule has 0 atom stereocenters. The van der Waals surface area contributed by atoms with Crippen molar-refractivity contribution >= 4 is 23.1 Å². The fourth-order valence-electron chi connectivity index (χ4n) is 2.96. The number of anilines is 1. The van der Waals surface area contributed by atoms with Gasteiger partial charge in [0.05, 0.1) is 18.0 Å². The Kier molecular flexibility index (Phi) is 6.28. The van der Waals surface area contributed by atoms with Gasteiger partial charge in [0.25, 0.3) is 5.91 Å². The van der Waals surface area contributed by atoms with E-state index in [-0.39, 0.29) is 12.5 Å². The van der Waals surface area contributed by atoms with Gasteiger partial charge < -0.3 is 14.8 Å². The molecular weight excluding hydrogens is 412 g/mol. The highest BCUT2D eigenvalue weighted by Crippen LogP contribution is 2.26. The molecule has 0 bridgehead atoms. The second-order valence-electron chi connectivity index (χ2n) is 6.71. The maximum Gasteiger partial charge on any atom is 0.263 e. The number of thiazole rings is 1. The molecule has 0 aliphatic heterocycles. The zero-order valence-electron chi connectivity index (χ0n) is 17.2. The molecule has 158 valence electrons. The molecule has 0 unspecified atom stereocenters. The Morgan fingerprint density at radius 2 is 1.77 bits per heavy atom. The molecule has 0 saturated carbocycles. The van der Waals surface area contributed by atoms with Crippen LogP contribution >= 0.6 is 11.3 Å². The van der Waals surface area contributed by atoms with Crippen molar-refractivity contribution in [2.75, 3.05) is 18.5 Å². The Balaban J connectivity index is 1.43. The molecule has 0 fully saturated rings. The Labute approximate surface area is 184 Å². The minimum atomic E-state index is -0.283. The van der Waals surface area contributed by atoms with Gasteiger partial charge in [-0.1, -0.05) is 30.3 Å². The number of carbonyl (C=O) groups is 1. The van der Waals surface area contributed by atoms with E-state index in [2.05, 4.69) is 15.4 Å². The lowest BCUT2D eigenvalue weighted by Gasteiger charge is -2.09. The lowest BCUT2D eigenvalue weighted by molar-refractivity contribution is -0.118. The van der Waals surface area contributed by atoms with Crippen molar-refractivity contribution in [3.63, 3.8) is 0 Å². The highest BCUT2D eigenvalue weighted by atomic mass is 32.1. The first kappa shape index (κ1) is 20.6. The first-order valence-corrected chi connectivity index (χ1v) is 10.7. The van der Waals surface area contributed by atoms with E-state index in [4.69, 9.17) is 9.47 Å². The minimum absolute atomic E-state index is 0.120. The van der Waals surface area contributed by atoms with Crippen LogP contribution in [0.2, 0.25) is 0 Å². The Morgan fingerprint density at radius 1 is 1.06 bits per heavy atom. The minimum Gasteiger partial charge on any atom is -0.494 e. The average molecular weight is 435 g/mol. The average Bonchev–Trinajstić information content (AvgIpc) is 3.41. The summed E-state index contributed by atoms with van der Waals surface area (Å²) in [5, 5.41) is 9.99. The van der Waals surface area contributed by atoms with Crippen LogP contribution in [0.5, 0.6) is 11.5 Å². The molecular formula is C23H22N4O3S. The van der Waals surface area contributed by atoms with Gasteiger partial charge in [-0.2, -0.15) is 9.78 Å². The van der Waals surface area contributed by atoms with Gasteiger partial charge in [0.15, 0.2) is 6.61 Å². The number of hydrogen-bond acceptors (Lipinski definition) is 6. The summed E-state index contributed by atoms with van der Waals surface area (Å²) >= 11 is 1.46. The fourth-order valence-corrected chi connectivity index (χ4v) is 3.76. The van der Waals surface area contributed by atoms with Crippen molar-refractivity contribution in [3.8, 4) is 27.9 Å². The van der Waals surface area contributed by atoms with Gasteiger partial charge in [-0.15, -0.1) is 11.3 Å². The second kappa shape index (κ2) is 9.44. The summed E-state index contributed by atoms with van der Waals surface area (Å²) in [7, 11) is 0. The van der Waals surface area contributed by atoms with Gasteiger partial charge in [-0.05, 0) is 38.1 Å².